The normalized spacial score (nSPS) is 23.9. The van der Waals surface area contributed by atoms with Gasteiger partial charge in [-0.2, -0.15) is 5.01 Å². The van der Waals surface area contributed by atoms with Crippen LogP contribution in [-0.2, 0) is 5.54 Å². The molecule has 1 unspecified atom stereocenters. The van der Waals surface area contributed by atoms with E-state index in [1.807, 2.05) is 90.7 Å². The van der Waals surface area contributed by atoms with Crippen LogP contribution >= 0.6 is 0 Å². The van der Waals surface area contributed by atoms with Crippen molar-refractivity contribution in [2.24, 2.45) is 0 Å². The van der Waals surface area contributed by atoms with Crippen LogP contribution in [0.25, 0.3) is 0 Å². The summed E-state index contributed by atoms with van der Waals surface area (Å²) in [5, 5.41) is 15.5. The summed E-state index contributed by atoms with van der Waals surface area (Å²) in [5.41, 5.74) is 6.11. The van der Waals surface area contributed by atoms with E-state index in [2.05, 4.69) is 36.4 Å². The molecule has 36 heavy (non-hydrogen) atoms. The number of carbonyl (C=O) groups excluding carboxylic acids is 1. The van der Waals surface area contributed by atoms with Crippen molar-refractivity contribution in [2.75, 3.05) is 23.9 Å². The maximum Gasteiger partial charge on any atom is 0.343 e. The minimum atomic E-state index is -1.16. The number of hydrogen-bond acceptors (Lipinski definition) is 4. The second kappa shape index (κ2) is 7.43. The first-order valence-corrected chi connectivity index (χ1v) is 12.2. The number of benzene rings is 4. The molecule has 6 nitrogen and oxygen atoms in total. The zero-order valence-corrected chi connectivity index (χ0v) is 20.1. The number of aliphatic hydroxyl groups is 1. The number of amides is 2. The van der Waals surface area contributed by atoms with Gasteiger partial charge in [0.15, 0.2) is 0 Å². The molecule has 1 aliphatic carbocycles. The lowest BCUT2D eigenvalue weighted by Gasteiger charge is -2.58. The molecule has 3 aliphatic heterocycles. The summed E-state index contributed by atoms with van der Waals surface area (Å²) in [6, 6.07) is 34.0. The second-order valence-electron chi connectivity index (χ2n) is 9.76. The molecular weight excluding hydrogens is 448 g/mol. The van der Waals surface area contributed by atoms with Gasteiger partial charge in [0.2, 0.25) is 6.35 Å². The Balaban J connectivity index is 1.51. The highest BCUT2D eigenvalue weighted by atomic mass is 16.4. The van der Waals surface area contributed by atoms with E-state index in [-0.39, 0.29) is 12.1 Å². The smallest absolute Gasteiger partial charge is 0.343 e. The minimum Gasteiger partial charge on any atom is -0.378 e. The van der Waals surface area contributed by atoms with Gasteiger partial charge in [0.1, 0.15) is 5.54 Å². The maximum atomic E-state index is 14.4. The second-order valence-corrected chi connectivity index (χ2v) is 9.76. The number of urea groups is 1. The average molecular weight is 475 g/mol. The Kier molecular flexibility index (Phi) is 4.37. The number of anilines is 2. The standard InChI is InChI=1S/C30H26N4O2/c1-31(2)21-16-18-22(19-17-21)32-28(35)33-27-23-12-6-8-14-25(23)30(34(33)29(32)36,20-10-4-3-5-11-20)26-15-9-7-13-24(26)27/h3-19,27-28,35H,1-2H3. The first-order chi connectivity index (χ1) is 17.5. The van der Waals surface area contributed by atoms with E-state index >= 15 is 0 Å². The molecule has 4 aromatic rings. The number of aliphatic hydroxyl groups excluding tert-OH is 1. The average Bonchev–Trinajstić information content (AvgIpc) is 3.19. The van der Waals surface area contributed by atoms with Crippen molar-refractivity contribution in [3.05, 3.63) is 131 Å². The molecule has 3 heterocycles. The van der Waals surface area contributed by atoms with E-state index in [4.69, 9.17) is 0 Å². The molecule has 4 aromatic carbocycles. The van der Waals surface area contributed by atoms with Crippen LogP contribution in [0.15, 0.2) is 103 Å². The van der Waals surface area contributed by atoms with Crippen molar-refractivity contribution in [3.8, 4) is 0 Å². The van der Waals surface area contributed by atoms with Crippen molar-refractivity contribution in [3.63, 3.8) is 0 Å². The summed E-state index contributed by atoms with van der Waals surface area (Å²) in [6.45, 7) is 0. The van der Waals surface area contributed by atoms with E-state index < -0.39 is 11.9 Å². The van der Waals surface area contributed by atoms with Crippen LogP contribution < -0.4 is 9.80 Å². The molecule has 0 radical (unpaired) electrons. The zero-order chi connectivity index (χ0) is 24.6. The van der Waals surface area contributed by atoms with Crippen molar-refractivity contribution >= 4 is 17.4 Å². The lowest BCUT2D eigenvalue weighted by Crippen LogP contribution is -2.64. The molecule has 1 fully saturated rings. The highest BCUT2D eigenvalue weighted by Crippen LogP contribution is 2.61. The lowest BCUT2D eigenvalue weighted by molar-refractivity contribution is -0.144. The fraction of sp³-hybridized carbons (Fsp3) is 0.167. The van der Waals surface area contributed by atoms with Crippen molar-refractivity contribution in [1.29, 1.82) is 0 Å². The van der Waals surface area contributed by atoms with Crippen LogP contribution in [-0.4, -0.2) is 41.6 Å². The highest BCUT2D eigenvalue weighted by Gasteiger charge is 2.66. The Morgan fingerprint density at radius 1 is 0.750 bits per heavy atom. The topological polar surface area (TPSA) is 50.3 Å². The Bertz CT molecular complexity index is 1440. The third-order valence-electron chi connectivity index (χ3n) is 7.79. The Morgan fingerprint density at radius 2 is 1.31 bits per heavy atom. The van der Waals surface area contributed by atoms with Crippen LogP contribution in [0.1, 0.15) is 33.9 Å². The quantitative estimate of drug-likeness (QED) is 0.459. The van der Waals surface area contributed by atoms with Crippen LogP contribution in [0.3, 0.4) is 0 Å². The fourth-order valence-corrected chi connectivity index (χ4v) is 6.31. The van der Waals surface area contributed by atoms with Crippen molar-refractivity contribution in [2.45, 2.75) is 17.9 Å². The molecule has 1 saturated heterocycles. The predicted molar refractivity (Wildman–Crippen MR) is 139 cm³/mol. The Hall–Kier alpha value is -4.13. The van der Waals surface area contributed by atoms with E-state index in [9.17, 15) is 9.90 Å². The first kappa shape index (κ1) is 21.2. The molecule has 2 amide bonds. The SMILES string of the molecule is CN(C)c1ccc(N2C(=O)N3N(C4c5ccccc5C3(c3ccccc3)c3ccccc34)C2O)cc1. The van der Waals surface area contributed by atoms with Gasteiger partial charge in [-0.1, -0.05) is 78.9 Å². The van der Waals surface area contributed by atoms with Crippen LogP contribution in [0.2, 0.25) is 0 Å². The molecule has 1 N–H and O–H groups in total. The first-order valence-electron chi connectivity index (χ1n) is 12.2. The van der Waals surface area contributed by atoms with Crippen molar-refractivity contribution in [1.82, 2.24) is 10.0 Å². The summed E-state index contributed by atoms with van der Waals surface area (Å²) >= 11 is 0. The largest absolute Gasteiger partial charge is 0.378 e. The third-order valence-corrected chi connectivity index (χ3v) is 7.79. The molecule has 0 saturated carbocycles. The lowest BCUT2D eigenvalue weighted by atomic mass is 9.65. The van der Waals surface area contributed by atoms with Crippen molar-refractivity contribution < 1.29 is 9.90 Å². The summed E-state index contributed by atoms with van der Waals surface area (Å²) in [4.78, 5) is 17.9. The zero-order valence-electron chi connectivity index (χ0n) is 20.1. The molecule has 0 spiro atoms. The minimum absolute atomic E-state index is 0.252. The number of hydrogen-bond donors (Lipinski definition) is 1. The molecule has 0 aromatic heterocycles. The molecule has 178 valence electrons. The van der Waals surface area contributed by atoms with Gasteiger partial charge < -0.3 is 10.0 Å². The highest BCUT2D eigenvalue weighted by molar-refractivity contribution is 5.96. The molecule has 2 bridgehead atoms. The number of nitrogens with zero attached hydrogens (tertiary/aromatic N) is 4. The molecule has 6 heteroatoms. The van der Waals surface area contributed by atoms with Crippen LogP contribution in [0, 0.1) is 0 Å². The van der Waals surface area contributed by atoms with E-state index in [0.29, 0.717) is 5.69 Å². The van der Waals surface area contributed by atoms with E-state index in [1.165, 1.54) is 4.90 Å². The monoisotopic (exact) mass is 474 g/mol. The fourth-order valence-electron chi connectivity index (χ4n) is 6.31. The van der Waals surface area contributed by atoms with Gasteiger partial charge in [-0.15, -0.1) is 0 Å². The molecule has 4 aliphatic rings. The summed E-state index contributed by atoms with van der Waals surface area (Å²) in [5.74, 6) is 0. The Morgan fingerprint density at radius 3 is 1.89 bits per heavy atom. The molecule has 1 atom stereocenters. The molecule has 8 rings (SSSR count). The van der Waals surface area contributed by atoms with Crippen LogP contribution in [0.4, 0.5) is 16.2 Å². The summed E-state index contributed by atoms with van der Waals surface area (Å²) in [7, 11) is 3.96. The predicted octanol–water partition coefficient (Wildman–Crippen LogP) is 4.90. The van der Waals surface area contributed by atoms with E-state index in [1.54, 1.807) is 5.01 Å². The van der Waals surface area contributed by atoms with Gasteiger partial charge in [0.05, 0.1) is 6.04 Å². The number of hydrazine groups is 1. The number of rotatable bonds is 3. The van der Waals surface area contributed by atoms with Gasteiger partial charge >= 0.3 is 6.03 Å². The van der Waals surface area contributed by atoms with Crippen LogP contribution in [0.5, 0.6) is 0 Å². The maximum absolute atomic E-state index is 14.4. The Labute approximate surface area is 210 Å². The van der Waals surface area contributed by atoms with Gasteiger partial charge in [-0.3, -0.25) is 4.90 Å². The van der Waals surface area contributed by atoms with Gasteiger partial charge in [-0.05, 0) is 52.1 Å². The van der Waals surface area contributed by atoms with Gasteiger partial charge in [-0.25, -0.2) is 9.80 Å². The summed E-state index contributed by atoms with van der Waals surface area (Å²) in [6.07, 6.45) is -1.16. The summed E-state index contributed by atoms with van der Waals surface area (Å²) < 4.78 is 0. The molecular formula is C30H26N4O2. The number of carbonyl (C=O) groups is 1. The third kappa shape index (κ3) is 2.50. The van der Waals surface area contributed by atoms with E-state index in [0.717, 1.165) is 33.5 Å². The van der Waals surface area contributed by atoms with Gasteiger partial charge in [0.25, 0.3) is 0 Å². The van der Waals surface area contributed by atoms with Gasteiger partial charge in [0, 0.05) is 25.5 Å².